The number of nitrogens with one attached hydrogen (secondary N) is 2. The maximum absolute atomic E-state index is 11.9. The average molecular weight is 248 g/mol. The van der Waals surface area contributed by atoms with Gasteiger partial charge in [0.25, 0.3) is 10.2 Å². The third kappa shape index (κ3) is 3.16. The summed E-state index contributed by atoms with van der Waals surface area (Å²) in [7, 11) is -2.04. The van der Waals surface area contributed by atoms with Crippen molar-refractivity contribution in [3.05, 3.63) is 0 Å². The van der Waals surface area contributed by atoms with Crippen LogP contribution in [0.2, 0.25) is 0 Å². The fraction of sp³-hybridized carbons (Fsp3) is 0.889. The van der Waals surface area contributed by atoms with Gasteiger partial charge in [0.1, 0.15) is 5.84 Å². The zero-order valence-electron chi connectivity index (χ0n) is 9.90. The second-order valence-corrected chi connectivity index (χ2v) is 6.27. The van der Waals surface area contributed by atoms with Crippen molar-refractivity contribution in [3.63, 3.8) is 0 Å². The highest BCUT2D eigenvalue weighted by Crippen LogP contribution is 2.33. The molecule has 16 heavy (non-hydrogen) atoms. The topological polar surface area (TPSA) is 99.3 Å². The molecule has 0 saturated heterocycles. The van der Waals surface area contributed by atoms with Crippen molar-refractivity contribution >= 4 is 16.0 Å². The number of rotatable bonds is 6. The molecule has 1 unspecified atom stereocenters. The summed E-state index contributed by atoms with van der Waals surface area (Å²) in [5.41, 5.74) is 5.40. The molecule has 1 atom stereocenters. The van der Waals surface area contributed by atoms with Crippen LogP contribution in [0.4, 0.5) is 0 Å². The van der Waals surface area contributed by atoms with Crippen LogP contribution in [0, 0.1) is 11.3 Å². The molecule has 1 fully saturated rings. The van der Waals surface area contributed by atoms with Gasteiger partial charge in [0.05, 0.1) is 6.04 Å². The van der Waals surface area contributed by atoms with Crippen LogP contribution in [0.5, 0.6) is 0 Å². The third-order valence-corrected chi connectivity index (χ3v) is 4.54. The normalized spacial score (nSPS) is 19.1. The van der Waals surface area contributed by atoms with Crippen LogP contribution in [0.3, 0.4) is 0 Å². The fourth-order valence-corrected chi connectivity index (χ4v) is 2.73. The Bertz CT molecular complexity index is 362. The standard InChI is InChI=1S/C9H20N4O2S/c1-6(2)13(3)16(14,15)12-8(9(10)11)7-4-5-7/h6-8,12H,4-5H2,1-3H3,(H3,10,11). The van der Waals surface area contributed by atoms with Gasteiger partial charge in [-0.1, -0.05) is 0 Å². The average Bonchev–Trinajstić information content (AvgIpc) is 2.95. The fourth-order valence-electron chi connectivity index (χ4n) is 1.36. The molecule has 7 heteroatoms. The Morgan fingerprint density at radius 3 is 2.31 bits per heavy atom. The molecular formula is C9H20N4O2S. The van der Waals surface area contributed by atoms with Crippen molar-refractivity contribution in [2.24, 2.45) is 11.7 Å². The molecule has 0 aromatic carbocycles. The summed E-state index contributed by atoms with van der Waals surface area (Å²) in [5, 5.41) is 7.38. The molecule has 0 radical (unpaired) electrons. The summed E-state index contributed by atoms with van der Waals surface area (Å²) in [4.78, 5) is 0. The number of nitrogens with zero attached hydrogens (tertiary/aromatic N) is 1. The maximum Gasteiger partial charge on any atom is 0.280 e. The molecule has 4 N–H and O–H groups in total. The highest BCUT2D eigenvalue weighted by atomic mass is 32.2. The largest absolute Gasteiger partial charge is 0.386 e. The van der Waals surface area contributed by atoms with Crippen molar-refractivity contribution in [2.45, 2.75) is 38.8 Å². The van der Waals surface area contributed by atoms with E-state index < -0.39 is 16.3 Å². The number of hydrogen-bond donors (Lipinski definition) is 3. The Morgan fingerprint density at radius 2 is 2.00 bits per heavy atom. The quantitative estimate of drug-likeness (QED) is 0.451. The van der Waals surface area contributed by atoms with Crippen LogP contribution < -0.4 is 10.5 Å². The zero-order chi connectivity index (χ0) is 12.5. The number of hydrogen-bond acceptors (Lipinski definition) is 3. The molecule has 6 nitrogen and oxygen atoms in total. The molecule has 0 heterocycles. The van der Waals surface area contributed by atoms with Crippen molar-refractivity contribution in [2.75, 3.05) is 7.05 Å². The van der Waals surface area contributed by atoms with Crippen LogP contribution in [0.15, 0.2) is 0 Å². The predicted molar refractivity (Wildman–Crippen MR) is 63.4 cm³/mol. The highest BCUT2D eigenvalue weighted by molar-refractivity contribution is 7.87. The SMILES string of the molecule is CC(C)N(C)S(=O)(=O)NC(C(=N)N)C1CC1. The summed E-state index contributed by atoms with van der Waals surface area (Å²) in [6.07, 6.45) is 1.86. The second-order valence-electron chi connectivity index (χ2n) is 4.50. The van der Waals surface area contributed by atoms with Gasteiger partial charge in [-0.25, -0.2) is 0 Å². The lowest BCUT2D eigenvalue weighted by Gasteiger charge is -2.25. The van der Waals surface area contributed by atoms with Crippen molar-refractivity contribution in [1.82, 2.24) is 9.03 Å². The molecule has 1 saturated carbocycles. The Labute approximate surface area is 96.9 Å². The Balaban J connectivity index is 2.73. The molecule has 0 aliphatic heterocycles. The molecule has 1 aliphatic rings. The van der Waals surface area contributed by atoms with E-state index in [9.17, 15) is 8.42 Å². The van der Waals surface area contributed by atoms with Crippen molar-refractivity contribution in [3.8, 4) is 0 Å². The van der Waals surface area contributed by atoms with Gasteiger partial charge >= 0.3 is 0 Å². The Morgan fingerprint density at radius 1 is 1.50 bits per heavy atom. The molecule has 94 valence electrons. The Kier molecular flexibility index (Phi) is 3.92. The smallest absolute Gasteiger partial charge is 0.280 e. The highest BCUT2D eigenvalue weighted by Gasteiger charge is 2.37. The van der Waals surface area contributed by atoms with Gasteiger partial charge in [-0.15, -0.1) is 0 Å². The second kappa shape index (κ2) is 4.68. The first kappa shape index (κ1) is 13.4. The van der Waals surface area contributed by atoms with Crippen molar-refractivity contribution < 1.29 is 8.42 Å². The molecule has 0 bridgehead atoms. The van der Waals surface area contributed by atoms with Gasteiger partial charge in [0.15, 0.2) is 0 Å². The molecule has 0 aromatic rings. The van der Waals surface area contributed by atoms with Gasteiger partial charge in [0.2, 0.25) is 0 Å². The minimum absolute atomic E-state index is 0.108. The summed E-state index contributed by atoms with van der Waals surface area (Å²) in [5.74, 6) is 0.0797. The van der Waals surface area contributed by atoms with E-state index in [4.69, 9.17) is 11.1 Å². The van der Waals surface area contributed by atoms with E-state index in [1.54, 1.807) is 13.8 Å². The molecule has 0 amide bonds. The first-order valence-electron chi connectivity index (χ1n) is 5.35. The van der Waals surface area contributed by atoms with Crippen LogP contribution in [0.1, 0.15) is 26.7 Å². The minimum Gasteiger partial charge on any atom is -0.386 e. The first-order chi connectivity index (χ1) is 7.25. The number of nitrogens with two attached hydrogens (primary N) is 1. The molecular weight excluding hydrogens is 228 g/mol. The Hall–Kier alpha value is -0.660. The lowest BCUT2D eigenvalue weighted by atomic mass is 10.2. The van der Waals surface area contributed by atoms with E-state index in [0.29, 0.717) is 0 Å². The lowest BCUT2D eigenvalue weighted by molar-refractivity contribution is 0.398. The van der Waals surface area contributed by atoms with E-state index in [0.717, 1.165) is 12.8 Å². The van der Waals surface area contributed by atoms with E-state index in [1.165, 1.54) is 11.4 Å². The molecule has 0 aromatic heterocycles. The van der Waals surface area contributed by atoms with Gasteiger partial charge < -0.3 is 5.73 Å². The van der Waals surface area contributed by atoms with Crippen LogP contribution in [-0.2, 0) is 10.2 Å². The molecule has 1 rings (SSSR count). The summed E-state index contributed by atoms with van der Waals surface area (Å²) < 4.78 is 27.5. The first-order valence-corrected chi connectivity index (χ1v) is 6.79. The zero-order valence-corrected chi connectivity index (χ0v) is 10.7. The van der Waals surface area contributed by atoms with Crippen LogP contribution in [-0.4, -0.2) is 37.7 Å². The van der Waals surface area contributed by atoms with Gasteiger partial charge in [0, 0.05) is 13.1 Å². The lowest BCUT2D eigenvalue weighted by Crippen LogP contribution is -2.51. The summed E-state index contributed by atoms with van der Waals surface area (Å²) in [6.45, 7) is 3.58. The predicted octanol–water partition coefficient (Wildman–Crippen LogP) is -0.124. The van der Waals surface area contributed by atoms with E-state index >= 15 is 0 Å². The van der Waals surface area contributed by atoms with E-state index in [-0.39, 0.29) is 17.8 Å². The van der Waals surface area contributed by atoms with Gasteiger partial charge in [-0.2, -0.15) is 17.4 Å². The van der Waals surface area contributed by atoms with Gasteiger partial charge in [-0.3, -0.25) is 5.41 Å². The summed E-state index contributed by atoms with van der Waals surface area (Å²) >= 11 is 0. The molecule has 1 aliphatic carbocycles. The maximum atomic E-state index is 11.9. The monoisotopic (exact) mass is 248 g/mol. The van der Waals surface area contributed by atoms with Gasteiger partial charge in [-0.05, 0) is 32.6 Å². The van der Waals surface area contributed by atoms with E-state index in [1.807, 2.05) is 0 Å². The number of amidine groups is 1. The minimum atomic E-state index is -3.55. The van der Waals surface area contributed by atoms with E-state index in [2.05, 4.69) is 4.72 Å². The molecule has 0 spiro atoms. The van der Waals surface area contributed by atoms with Crippen LogP contribution >= 0.6 is 0 Å². The third-order valence-electron chi connectivity index (χ3n) is 2.81. The van der Waals surface area contributed by atoms with Crippen molar-refractivity contribution in [1.29, 1.82) is 5.41 Å². The van der Waals surface area contributed by atoms with Crippen LogP contribution in [0.25, 0.3) is 0 Å². The summed E-state index contributed by atoms with van der Waals surface area (Å²) in [6, 6.07) is -0.671.